The molecule has 6 aromatic rings. The van der Waals surface area contributed by atoms with E-state index in [9.17, 15) is 14.4 Å². The van der Waals surface area contributed by atoms with E-state index in [2.05, 4.69) is 77.5 Å². The van der Waals surface area contributed by atoms with Crippen LogP contribution in [0.3, 0.4) is 0 Å². The molecule has 15 heteroatoms. The van der Waals surface area contributed by atoms with Crippen LogP contribution in [0, 0.1) is 0 Å². The van der Waals surface area contributed by atoms with E-state index >= 15 is 0 Å². The first-order valence-electron chi connectivity index (χ1n) is 18.1. The molecule has 15 nitrogen and oxygen atoms in total. The first kappa shape index (κ1) is 33.4. The molecule has 2 saturated heterocycles. The lowest BCUT2D eigenvalue weighted by molar-refractivity contribution is -0.120. The van der Waals surface area contributed by atoms with Crippen LogP contribution < -0.4 is 31.1 Å². The maximum Gasteiger partial charge on any atom is 0.328 e. The molecule has 54 heavy (non-hydrogen) atoms. The Morgan fingerprint density at radius 3 is 2.56 bits per heavy atom. The fourth-order valence-corrected chi connectivity index (χ4v) is 8.06. The second-order valence-corrected chi connectivity index (χ2v) is 14.0. The minimum Gasteiger partial charge on any atom is -0.385 e. The fourth-order valence-electron chi connectivity index (χ4n) is 8.06. The van der Waals surface area contributed by atoms with Crippen molar-refractivity contribution < 1.29 is 14.4 Å². The average Bonchev–Trinajstić information content (AvgIpc) is 3.90. The van der Waals surface area contributed by atoms with Crippen LogP contribution in [0.5, 0.6) is 0 Å². The van der Waals surface area contributed by atoms with Gasteiger partial charge >= 0.3 is 6.03 Å². The maximum atomic E-state index is 12.5. The van der Waals surface area contributed by atoms with Crippen molar-refractivity contribution in [2.75, 3.05) is 66.3 Å². The summed E-state index contributed by atoms with van der Waals surface area (Å²) in [6.07, 6.45) is 6.65. The van der Waals surface area contributed by atoms with Gasteiger partial charge in [0.05, 0.1) is 28.8 Å². The number of aromatic nitrogens is 5. The van der Waals surface area contributed by atoms with E-state index in [0.29, 0.717) is 24.4 Å². The summed E-state index contributed by atoms with van der Waals surface area (Å²) in [5, 5.41) is 11.5. The highest BCUT2D eigenvalue weighted by atomic mass is 16.2. The van der Waals surface area contributed by atoms with E-state index in [1.165, 1.54) is 27.5 Å². The molecular formula is C39H40N12O3. The van der Waals surface area contributed by atoms with Gasteiger partial charge < -0.3 is 25.4 Å². The van der Waals surface area contributed by atoms with Gasteiger partial charge in [-0.05, 0) is 53.9 Å². The predicted molar refractivity (Wildman–Crippen MR) is 207 cm³/mol. The van der Waals surface area contributed by atoms with E-state index < -0.39 is 5.91 Å². The van der Waals surface area contributed by atoms with Crippen LogP contribution >= 0.6 is 0 Å². The third-order valence-corrected chi connectivity index (χ3v) is 10.8. The number of hydrogen-bond donors (Lipinski definition) is 3. The van der Waals surface area contributed by atoms with Gasteiger partial charge in [0.25, 0.3) is 5.91 Å². The van der Waals surface area contributed by atoms with E-state index in [-0.39, 0.29) is 17.6 Å². The van der Waals surface area contributed by atoms with Crippen LogP contribution in [-0.2, 0) is 24.8 Å². The Morgan fingerprint density at radius 1 is 0.926 bits per heavy atom. The smallest absolute Gasteiger partial charge is 0.328 e. The van der Waals surface area contributed by atoms with Crippen molar-refractivity contribution in [3.63, 3.8) is 0 Å². The van der Waals surface area contributed by atoms with Gasteiger partial charge in [-0.3, -0.25) is 29.7 Å². The molecule has 274 valence electrons. The molecule has 0 saturated carbocycles. The lowest BCUT2D eigenvalue weighted by Gasteiger charge is -2.36. The van der Waals surface area contributed by atoms with Crippen LogP contribution in [0.15, 0.2) is 73.2 Å². The van der Waals surface area contributed by atoms with Crippen molar-refractivity contribution in [2.24, 2.45) is 12.8 Å². The van der Waals surface area contributed by atoms with Gasteiger partial charge in [-0.2, -0.15) is 0 Å². The number of imide groups is 1. The van der Waals surface area contributed by atoms with E-state index in [1.54, 1.807) is 4.90 Å². The summed E-state index contributed by atoms with van der Waals surface area (Å²) in [5.74, 6) is -0.124. The second kappa shape index (κ2) is 13.2. The van der Waals surface area contributed by atoms with Crippen molar-refractivity contribution in [3.8, 4) is 11.3 Å². The van der Waals surface area contributed by atoms with Crippen molar-refractivity contribution >= 4 is 63.0 Å². The second-order valence-electron chi connectivity index (χ2n) is 14.0. The first-order chi connectivity index (χ1) is 26.2. The average molecular weight is 725 g/mol. The van der Waals surface area contributed by atoms with E-state index in [0.717, 1.165) is 84.9 Å². The zero-order valence-electron chi connectivity index (χ0n) is 30.1. The Kier molecular flexibility index (Phi) is 8.14. The summed E-state index contributed by atoms with van der Waals surface area (Å²) >= 11 is 0. The number of aryl methyl sites for hydroxylation is 1. The summed E-state index contributed by atoms with van der Waals surface area (Å²) in [4.78, 5) is 54.1. The highest BCUT2D eigenvalue weighted by Gasteiger charge is 2.28. The topological polar surface area (TPSA) is 162 Å². The number of carbonyl (C=O) groups is 3. The van der Waals surface area contributed by atoms with Crippen LogP contribution in [-0.4, -0.2) is 93.2 Å². The highest BCUT2D eigenvalue weighted by Crippen LogP contribution is 2.40. The number of nitrogens with one attached hydrogen (secondary N) is 2. The number of amides is 4. The molecule has 3 aliphatic heterocycles. The fraction of sp³-hybridized carbons (Fsp3) is 0.282. The molecule has 0 spiro atoms. The standard InChI is InChI=1S/C39H40N12O3/c1-41-30-20-35(45-51-33(37(40)53)21-43-38(30)51)50-12-9-27-26(4-3-5-31(27)50)29-18-24(8-11-42-29)22-47-14-16-48(17-15-47)34-23-46(2)32-19-25(6-7-28(32)34)49-13-10-36(52)44-39(49)54/h3-8,11,18-21,23,41H,9-10,12-17,22H2,1-2H3,(H2,40,53)(H,44,52,54). The van der Waals surface area contributed by atoms with Crippen LogP contribution in [0.1, 0.15) is 28.0 Å². The number of imidazole rings is 1. The van der Waals surface area contributed by atoms with Crippen molar-refractivity contribution in [2.45, 2.75) is 19.4 Å². The Bertz CT molecular complexity index is 2480. The number of hydrogen-bond acceptors (Lipinski definition) is 10. The molecule has 7 heterocycles. The normalized spacial score (nSPS) is 16.4. The third-order valence-electron chi connectivity index (χ3n) is 10.8. The Morgan fingerprint density at radius 2 is 1.76 bits per heavy atom. The number of pyridine rings is 1. The zero-order chi connectivity index (χ0) is 37.1. The van der Waals surface area contributed by atoms with Gasteiger partial charge in [0, 0.05) is 107 Å². The third kappa shape index (κ3) is 5.73. The molecule has 4 aromatic heterocycles. The van der Waals surface area contributed by atoms with Gasteiger partial charge in [-0.25, -0.2) is 14.3 Å². The number of urea groups is 1. The molecule has 0 bridgehead atoms. The summed E-state index contributed by atoms with van der Waals surface area (Å²) in [7, 11) is 3.85. The summed E-state index contributed by atoms with van der Waals surface area (Å²) in [5.41, 5.74) is 15.7. The van der Waals surface area contributed by atoms with Gasteiger partial charge in [0.15, 0.2) is 11.5 Å². The molecule has 9 rings (SSSR count). The summed E-state index contributed by atoms with van der Waals surface area (Å²) in [6.45, 7) is 5.57. The largest absolute Gasteiger partial charge is 0.385 e. The number of rotatable bonds is 8. The van der Waals surface area contributed by atoms with Crippen LogP contribution in [0.25, 0.3) is 27.8 Å². The Labute approximate surface area is 311 Å². The molecule has 2 aromatic carbocycles. The molecule has 4 N–H and O–H groups in total. The first-order valence-corrected chi connectivity index (χ1v) is 18.1. The number of nitrogens with two attached hydrogens (primary N) is 1. The number of anilines is 5. The Balaban J connectivity index is 0.900. The monoisotopic (exact) mass is 724 g/mol. The van der Waals surface area contributed by atoms with Crippen LogP contribution in [0.4, 0.5) is 33.4 Å². The zero-order valence-corrected chi connectivity index (χ0v) is 30.1. The molecule has 2 fully saturated rings. The number of benzene rings is 2. The van der Waals surface area contributed by atoms with Gasteiger partial charge in [0.1, 0.15) is 5.69 Å². The van der Waals surface area contributed by atoms with Crippen LogP contribution in [0.2, 0.25) is 0 Å². The molecule has 0 radical (unpaired) electrons. The minimum absolute atomic E-state index is 0.230. The minimum atomic E-state index is -0.585. The number of piperazine rings is 1. The van der Waals surface area contributed by atoms with Crippen molar-refractivity contribution in [1.29, 1.82) is 0 Å². The molecular weight excluding hydrogens is 685 g/mol. The van der Waals surface area contributed by atoms with Crippen molar-refractivity contribution in [3.05, 3.63) is 90.0 Å². The molecule has 3 aliphatic rings. The summed E-state index contributed by atoms with van der Waals surface area (Å²) in [6, 6.07) is 18.3. The van der Waals surface area contributed by atoms with Gasteiger partial charge in [0.2, 0.25) is 5.91 Å². The number of primary amides is 1. The molecule has 0 aliphatic carbocycles. The molecule has 0 atom stereocenters. The Hall–Kier alpha value is -6.48. The van der Waals surface area contributed by atoms with Crippen molar-refractivity contribution in [1.82, 2.24) is 34.4 Å². The predicted octanol–water partition coefficient (Wildman–Crippen LogP) is 3.89. The van der Waals surface area contributed by atoms with Gasteiger partial charge in [-0.15, -0.1) is 5.10 Å². The SMILES string of the molecule is CNc1cc(N2CCc3c(-c4cc(CN5CCN(c6cn(C)c7cc(N8CCC(=O)NC8=O)ccc67)CC5)ccn4)cccc32)nn2c(C(N)=O)cnc12. The molecule has 0 unspecified atom stereocenters. The number of carbonyl (C=O) groups excluding carboxylic acids is 3. The lowest BCUT2D eigenvalue weighted by atomic mass is 10.0. The molecule has 4 amide bonds. The van der Waals surface area contributed by atoms with Gasteiger partial charge in [-0.1, -0.05) is 12.1 Å². The van der Waals surface area contributed by atoms with E-state index in [4.69, 9.17) is 15.8 Å². The summed E-state index contributed by atoms with van der Waals surface area (Å²) < 4.78 is 3.62. The van der Waals surface area contributed by atoms with E-state index in [1.807, 2.05) is 38.5 Å². The highest BCUT2D eigenvalue weighted by molar-refractivity contribution is 6.07. The number of nitrogens with zero attached hydrogens (tertiary/aromatic N) is 9. The number of fused-ring (bicyclic) bond motifs is 3. The quantitative estimate of drug-likeness (QED) is 0.210. The lowest BCUT2D eigenvalue weighted by Crippen LogP contribution is -2.49. The maximum absolute atomic E-state index is 12.5.